The maximum Gasteiger partial charge on any atom is 0.496 e. The van der Waals surface area contributed by atoms with E-state index in [9.17, 15) is 18.0 Å². The summed E-state index contributed by atoms with van der Waals surface area (Å²) >= 11 is 6.29. The molecular formula is C19H24BClF3NO3. The number of hydrogen-bond acceptors (Lipinski definition) is 3. The molecular weight excluding hydrogens is 393 g/mol. The number of alkyl halides is 3. The van der Waals surface area contributed by atoms with E-state index in [4.69, 9.17) is 20.9 Å². The van der Waals surface area contributed by atoms with Crippen LogP contribution in [0.3, 0.4) is 0 Å². The first-order valence-corrected chi connectivity index (χ1v) is 9.74. The zero-order chi connectivity index (χ0) is 20.9. The number of rotatable bonds is 2. The van der Waals surface area contributed by atoms with Crippen LogP contribution in [0.5, 0.6) is 0 Å². The van der Waals surface area contributed by atoms with Gasteiger partial charge in [0.25, 0.3) is 5.91 Å². The summed E-state index contributed by atoms with van der Waals surface area (Å²) in [4.78, 5) is 13.8. The van der Waals surface area contributed by atoms with Crippen molar-refractivity contribution < 1.29 is 27.3 Å². The molecule has 154 valence electrons. The second-order valence-electron chi connectivity index (χ2n) is 8.38. The van der Waals surface area contributed by atoms with Gasteiger partial charge in [-0.25, -0.2) is 0 Å². The molecule has 2 heterocycles. The van der Waals surface area contributed by atoms with Gasteiger partial charge in [0.2, 0.25) is 0 Å². The van der Waals surface area contributed by atoms with E-state index in [2.05, 4.69) is 0 Å². The van der Waals surface area contributed by atoms with Crippen molar-refractivity contribution in [3.8, 4) is 0 Å². The van der Waals surface area contributed by atoms with Gasteiger partial charge in [0, 0.05) is 22.6 Å². The van der Waals surface area contributed by atoms with Crippen molar-refractivity contribution in [2.75, 3.05) is 6.54 Å². The van der Waals surface area contributed by atoms with E-state index in [0.29, 0.717) is 23.3 Å². The third kappa shape index (κ3) is 3.91. The first-order valence-electron chi connectivity index (χ1n) is 9.36. The molecule has 1 aromatic carbocycles. The van der Waals surface area contributed by atoms with Crippen molar-refractivity contribution in [2.24, 2.45) is 0 Å². The molecule has 2 aliphatic heterocycles. The van der Waals surface area contributed by atoms with Crippen LogP contribution in [0.15, 0.2) is 18.2 Å². The first kappa shape index (κ1) is 21.5. The summed E-state index contributed by atoms with van der Waals surface area (Å²) in [7, 11) is -0.801. The number of hydrogen-bond donors (Lipinski definition) is 0. The van der Waals surface area contributed by atoms with E-state index < -0.39 is 36.4 Å². The van der Waals surface area contributed by atoms with Crippen LogP contribution < -0.4 is 5.46 Å². The molecule has 0 aromatic heterocycles. The molecule has 1 amide bonds. The van der Waals surface area contributed by atoms with Crippen LogP contribution in [0, 0.1) is 0 Å². The summed E-state index contributed by atoms with van der Waals surface area (Å²) in [6.45, 7) is 7.63. The normalized spacial score (nSPS) is 24.5. The third-order valence-electron chi connectivity index (χ3n) is 5.89. The molecule has 1 atom stereocenters. The van der Waals surface area contributed by atoms with Crippen LogP contribution in [-0.2, 0) is 9.31 Å². The van der Waals surface area contributed by atoms with E-state index in [-0.39, 0.29) is 18.5 Å². The Morgan fingerprint density at radius 1 is 1.18 bits per heavy atom. The quantitative estimate of drug-likeness (QED) is 0.677. The lowest BCUT2D eigenvalue weighted by Crippen LogP contribution is -2.51. The standard InChI is InChI=1S/C19H24BClF3NO3/c1-17(2)18(3,4)28-20(27-17)13-11-12(8-9-14(13)21)16(26)25-10-6-5-7-15(25)19(22,23)24/h8-9,11,15H,5-7,10H2,1-4H3. The zero-order valence-corrected chi connectivity index (χ0v) is 17.2. The Hall–Kier alpha value is -1.25. The van der Waals surface area contributed by atoms with Crippen LogP contribution in [0.25, 0.3) is 0 Å². The molecule has 2 aliphatic rings. The summed E-state index contributed by atoms with van der Waals surface area (Å²) < 4.78 is 52.1. The zero-order valence-electron chi connectivity index (χ0n) is 16.4. The third-order valence-corrected chi connectivity index (χ3v) is 6.24. The van der Waals surface area contributed by atoms with Crippen LogP contribution >= 0.6 is 11.6 Å². The Balaban J connectivity index is 1.90. The van der Waals surface area contributed by atoms with Gasteiger partial charge in [0.05, 0.1) is 11.2 Å². The summed E-state index contributed by atoms with van der Waals surface area (Å²) in [5.41, 5.74) is -0.623. The van der Waals surface area contributed by atoms with Crippen LogP contribution in [0.1, 0.15) is 57.3 Å². The predicted molar refractivity (Wildman–Crippen MR) is 102 cm³/mol. The largest absolute Gasteiger partial charge is 0.496 e. The minimum atomic E-state index is -4.45. The molecule has 9 heteroatoms. The minimum absolute atomic E-state index is 0.0765. The predicted octanol–water partition coefficient (Wildman–Crippen LogP) is 4.20. The molecule has 0 spiro atoms. The molecule has 1 unspecified atom stereocenters. The summed E-state index contributed by atoms with van der Waals surface area (Å²) in [5.74, 6) is -0.656. The first-order chi connectivity index (χ1) is 12.8. The fraction of sp³-hybridized carbons (Fsp3) is 0.632. The molecule has 4 nitrogen and oxygen atoms in total. The summed E-state index contributed by atoms with van der Waals surface area (Å²) in [6.07, 6.45) is -3.52. The highest BCUT2D eigenvalue weighted by molar-refractivity contribution is 6.65. The van der Waals surface area contributed by atoms with Crippen molar-refractivity contribution in [2.45, 2.75) is 70.4 Å². The average Bonchev–Trinajstić information content (AvgIpc) is 2.81. The van der Waals surface area contributed by atoms with Gasteiger partial charge in [0.15, 0.2) is 0 Å². The number of carbonyl (C=O) groups is 1. The van der Waals surface area contributed by atoms with Crippen LogP contribution in [0.2, 0.25) is 5.02 Å². The highest BCUT2D eigenvalue weighted by Crippen LogP contribution is 2.37. The second-order valence-corrected chi connectivity index (χ2v) is 8.78. The van der Waals surface area contributed by atoms with Crippen molar-refractivity contribution in [1.29, 1.82) is 0 Å². The Morgan fingerprint density at radius 2 is 1.79 bits per heavy atom. The van der Waals surface area contributed by atoms with E-state index in [0.717, 1.165) is 4.90 Å². The van der Waals surface area contributed by atoms with E-state index in [1.165, 1.54) is 18.2 Å². The number of nitrogens with zero attached hydrogens (tertiary/aromatic N) is 1. The van der Waals surface area contributed by atoms with Crippen LogP contribution in [-0.4, -0.2) is 47.9 Å². The summed E-state index contributed by atoms with van der Waals surface area (Å²) in [6, 6.07) is 2.67. The van der Waals surface area contributed by atoms with E-state index in [1.807, 2.05) is 27.7 Å². The molecule has 0 saturated carbocycles. The number of carbonyl (C=O) groups excluding carboxylic acids is 1. The van der Waals surface area contributed by atoms with E-state index >= 15 is 0 Å². The summed E-state index contributed by atoms with van der Waals surface area (Å²) in [5, 5.41) is 0.334. The van der Waals surface area contributed by atoms with Gasteiger partial charge in [-0.2, -0.15) is 13.2 Å². The number of halogens is 4. The fourth-order valence-electron chi connectivity index (χ4n) is 3.51. The lowest BCUT2D eigenvalue weighted by Gasteiger charge is -2.36. The van der Waals surface area contributed by atoms with Gasteiger partial charge in [-0.15, -0.1) is 0 Å². The minimum Gasteiger partial charge on any atom is -0.399 e. The molecule has 0 bridgehead atoms. The Morgan fingerprint density at radius 3 is 2.36 bits per heavy atom. The molecule has 0 radical (unpaired) electrons. The van der Waals surface area contributed by atoms with Gasteiger partial charge in [-0.3, -0.25) is 4.79 Å². The van der Waals surface area contributed by atoms with Crippen LogP contribution in [0.4, 0.5) is 13.2 Å². The monoisotopic (exact) mass is 417 g/mol. The molecule has 0 N–H and O–H groups in total. The molecule has 1 aromatic rings. The van der Waals surface area contributed by atoms with Gasteiger partial charge in [-0.05, 0) is 65.2 Å². The Labute approximate surface area is 168 Å². The highest BCUT2D eigenvalue weighted by Gasteiger charge is 2.52. The van der Waals surface area contributed by atoms with Gasteiger partial charge < -0.3 is 14.2 Å². The number of benzene rings is 1. The van der Waals surface area contributed by atoms with Crippen molar-refractivity contribution in [1.82, 2.24) is 4.90 Å². The topological polar surface area (TPSA) is 38.8 Å². The maximum atomic E-state index is 13.4. The smallest absolute Gasteiger partial charge is 0.399 e. The van der Waals surface area contributed by atoms with Gasteiger partial charge in [0.1, 0.15) is 6.04 Å². The SMILES string of the molecule is CC1(C)OB(c2cc(C(=O)N3CCCCC3C(F)(F)F)ccc2Cl)OC1(C)C. The number of amides is 1. The molecule has 2 fully saturated rings. The van der Waals surface area contributed by atoms with Crippen molar-refractivity contribution >= 4 is 30.1 Å². The second kappa shape index (κ2) is 7.22. The number of likely N-dealkylation sites (tertiary alicyclic amines) is 1. The average molecular weight is 418 g/mol. The lowest BCUT2D eigenvalue weighted by atomic mass is 9.78. The maximum absolute atomic E-state index is 13.4. The highest BCUT2D eigenvalue weighted by atomic mass is 35.5. The van der Waals surface area contributed by atoms with E-state index in [1.54, 1.807) is 0 Å². The lowest BCUT2D eigenvalue weighted by molar-refractivity contribution is -0.183. The van der Waals surface area contributed by atoms with Gasteiger partial charge in [-0.1, -0.05) is 11.6 Å². The van der Waals surface area contributed by atoms with Crippen molar-refractivity contribution in [3.63, 3.8) is 0 Å². The Bertz CT molecular complexity index is 753. The van der Waals surface area contributed by atoms with Gasteiger partial charge >= 0.3 is 13.3 Å². The van der Waals surface area contributed by atoms with Crippen molar-refractivity contribution in [3.05, 3.63) is 28.8 Å². The molecule has 2 saturated heterocycles. The molecule has 0 aliphatic carbocycles. The fourth-order valence-corrected chi connectivity index (χ4v) is 3.71. The molecule has 3 rings (SSSR count). The Kier molecular flexibility index (Phi) is 5.53. The number of piperidine rings is 1. The molecule has 28 heavy (non-hydrogen) atoms.